The SMILES string of the molecule is COc1ccc(Br)c(-c2cc(C(=O)O)[nH]n2)c1OCC1CC1. The molecule has 0 saturated heterocycles. The molecule has 1 heterocycles. The summed E-state index contributed by atoms with van der Waals surface area (Å²) in [5, 5.41) is 15.6. The van der Waals surface area contributed by atoms with Gasteiger partial charge in [0.05, 0.1) is 25.0 Å². The first kappa shape index (κ1) is 14.9. The molecule has 1 saturated carbocycles. The molecular formula is C15H15BrN2O4. The monoisotopic (exact) mass is 366 g/mol. The van der Waals surface area contributed by atoms with E-state index in [1.54, 1.807) is 13.2 Å². The van der Waals surface area contributed by atoms with Gasteiger partial charge in [-0.25, -0.2) is 4.79 Å². The van der Waals surface area contributed by atoms with Crippen LogP contribution in [0.4, 0.5) is 0 Å². The zero-order valence-corrected chi connectivity index (χ0v) is 13.5. The summed E-state index contributed by atoms with van der Waals surface area (Å²) in [5.74, 6) is 0.703. The number of benzene rings is 1. The maximum Gasteiger partial charge on any atom is 0.353 e. The zero-order valence-electron chi connectivity index (χ0n) is 11.9. The van der Waals surface area contributed by atoms with Gasteiger partial charge in [-0.05, 0) is 52.9 Å². The molecule has 0 bridgehead atoms. The lowest BCUT2D eigenvalue weighted by Gasteiger charge is -2.15. The quantitative estimate of drug-likeness (QED) is 0.818. The Morgan fingerprint density at radius 3 is 2.86 bits per heavy atom. The largest absolute Gasteiger partial charge is 0.493 e. The Bertz CT molecular complexity index is 710. The van der Waals surface area contributed by atoms with Gasteiger partial charge in [0.2, 0.25) is 0 Å². The van der Waals surface area contributed by atoms with E-state index in [1.165, 1.54) is 18.9 Å². The Kier molecular flexibility index (Phi) is 4.06. The molecule has 3 rings (SSSR count). The molecule has 1 aromatic carbocycles. The van der Waals surface area contributed by atoms with E-state index >= 15 is 0 Å². The predicted molar refractivity (Wildman–Crippen MR) is 83.5 cm³/mol. The van der Waals surface area contributed by atoms with Crippen molar-refractivity contribution in [2.24, 2.45) is 5.92 Å². The molecular weight excluding hydrogens is 352 g/mol. The minimum atomic E-state index is -1.06. The number of hydrogen-bond acceptors (Lipinski definition) is 4. The Balaban J connectivity index is 2.03. The Labute approximate surface area is 135 Å². The van der Waals surface area contributed by atoms with E-state index in [0.717, 1.165) is 4.47 Å². The summed E-state index contributed by atoms with van der Waals surface area (Å²) in [6, 6.07) is 5.11. The molecule has 2 aromatic rings. The van der Waals surface area contributed by atoms with Crippen molar-refractivity contribution in [3.05, 3.63) is 28.4 Å². The van der Waals surface area contributed by atoms with Crippen LogP contribution in [0, 0.1) is 5.92 Å². The molecule has 1 aliphatic carbocycles. The third-order valence-corrected chi connectivity index (χ3v) is 4.18. The van der Waals surface area contributed by atoms with Gasteiger partial charge in [0.1, 0.15) is 5.69 Å². The number of carbonyl (C=O) groups is 1. The van der Waals surface area contributed by atoms with Crippen molar-refractivity contribution in [3.8, 4) is 22.8 Å². The predicted octanol–water partition coefficient (Wildman–Crippen LogP) is 3.33. The number of nitrogens with zero attached hydrogens (tertiary/aromatic N) is 1. The summed E-state index contributed by atoms with van der Waals surface area (Å²) in [6.45, 7) is 0.621. The third kappa shape index (κ3) is 2.94. The molecule has 0 aliphatic heterocycles. The summed E-state index contributed by atoms with van der Waals surface area (Å²) in [4.78, 5) is 11.0. The number of carboxylic acid groups (broad SMARTS) is 1. The molecule has 1 aromatic heterocycles. The molecule has 1 aliphatic rings. The normalized spacial score (nSPS) is 13.9. The number of methoxy groups -OCH3 is 1. The second-order valence-electron chi connectivity index (χ2n) is 5.18. The molecule has 0 radical (unpaired) electrons. The van der Waals surface area contributed by atoms with Gasteiger partial charge < -0.3 is 14.6 Å². The number of aromatic carboxylic acids is 1. The fourth-order valence-electron chi connectivity index (χ4n) is 2.13. The molecule has 22 heavy (non-hydrogen) atoms. The third-order valence-electron chi connectivity index (χ3n) is 3.52. The summed E-state index contributed by atoms with van der Waals surface area (Å²) in [7, 11) is 1.57. The van der Waals surface area contributed by atoms with Crippen LogP contribution < -0.4 is 9.47 Å². The van der Waals surface area contributed by atoms with Crippen LogP contribution in [-0.4, -0.2) is 35.0 Å². The van der Waals surface area contributed by atoms with Gasteiger partial charge in [-0.3, -0.25) is 5.10 Å². The Morgan fingerprint density at radius 2 is 2.27 bits per heavy atom. The van der Waals surface area contributed by atoms with Crippen LogP contribution >= 0.6 is 15.9 Å². The standard InChI is InChI=1S/C15H15BrN2O4/c1-21-12-5-4-9(16)13(14(12)22-7-8-2-3-8)10-6-11(15(19)20)18-17-10/h4-6,8H,2-3,7H2,1H3,(H,17,18)(H,19,20). The average molecular weight is 367 g/mol. The van der Waals surface area contributed by atoms with Gasteiger partial charge in [-0.1, -0.05) is 0 Å². The lowest BCUT2D eigenvalue weighted by Crippen LogP contribution is -2.03. The van der Waals surface area contributed by atoms with E-state index in [4.69, 9.17) is 14.6 Å². The highest BCUT2D eigenvalue weighted by Crippen LogP contribution is 2.43. The molecule has 1 fully saturated rings. The van der Waals surface area contributed by atoms with Crippen LogP contribution in [0.25, 0.3) is 11.3 Å². The second kappa shape index (κ2) is 6.00. The first-order valence-electron chi connectivity index (χ1n) is 6.88. The smallest absolute Gasteiger partial charge is 0.353 e. The molecule has 0 atom stereocenters. The molecule has 2 N–H and O–H groups in total. The first-order valence-corrected chi connectivity index (χ1v) is 7.67. The number of ether oxygens (including phenoxy) is 2. The number of H-pyrrole nitrogens is 1. The Morgan fingerprint density at radius 1 is 1.50 bits per heavy atom. The first-order chi connectivity index (χ1) is 10.6. The topological polar surface area (TPSA) is 84.4 Å². The van der Waals surface area contributed by atoms with Gasteiger partial charge in [-0.15, -0.1) is 0 Å². The minimum Gasteiger partial charge on any atom is -0.493 e. The number of rotatable bonds is 6. The number of nitrogens with one attached hydrogen (secondary N) is 1. The number of aromatic nitrogens is 2. The highest BCUT2D eigenvalue weighted by molar-refractivity contribution is 9.10. The number of carboxylic acids is 1. The van der Waals surface area contributed by atoms with E-state index in [9.17, 15) is 4.79 Å². The molecule has 0 amide bonds. The lowest BCUT2D eigenvalue weighted by atomic mass is 10.1. The fraction of sp³-hybridized carbons (Fsp3) is 0.333. The number of halogens is 1. The molecule has 0 unspecified atom stereocenters. The van der Waals surface area contributed by atoms with Gasteiger partial charge >= 0.3 is 5.97 Å². The summed E-state index contributed by atoms with van der Waals surface area (Å²) in [6.07, 6.45) is 2.36. The van der Waals surface area contributed by atoms with Crippen molar-refractivity contribution in [1.29, 1.82) is 0 Å². The number of aromatic amines is 1. The highest BCUT2D eigenvalue weighted by atomic mass is 79.9. The van der Waals surface area contributed by atoms with E-state index in [2.05, 4.69) is 26.1 Å². The van der Waals surface area contributed by atoms with Crippen molar-refractivity contribution in [1.82, 2.24) is 10.2 Å². The van der Waals surface area contributed by atoms with Crippen LogP contribution in [0.3, 0.4) is 0 Å². The van der Waals surface area contributed by atoms with Crippen molar-refractivity contribution < 1.29 is 19.4 Å². The lowest BCUT2D eigenvalue weighted by molar-refractivity contribution is 0.0690. The van der Waals surface area contributed by atoms with E-state index in [0.29, 0.717) is 35.3 Å². The molecule has 6 nitrogen and oxygen atoms in total. The van der Waals surface area contributed by atoms with Crippen LogP contribution in [0.5, 0.6) is 11.5 Å². The van der Waals surface area contributed by atoms with Crippen molar-refractivity contribution in [3.63, 3.8) is 0 Å². The zero-order chi connectivity index (χ0) is 15.7. The van der Waals surface area contributed by atoms with E-state index < -0.39 is 5.97 Å². The van der Waals surface area contributed by atoms with Gasteiger partial charge in [-0.2, -0.15) is 5.10 Å². The van der Waals surface area contributed by atoms with Crippen LogP contribution in [0.15, 0.2) is 22.7 Å². The molecule has 0 spiro atoms. The maximum absolute atomic E-state index is 11.0. The van der Waals surface area contributed by atoms with E-state index in [1.807, 2.05) is 6.07 Å². The van der Waals surface area contributed by atoms with Crippen molar-refractivity contribution >= 4 is 21.9 Å². The van der Waals surface area contributed by atoms with Crippen LogP contribution in [-0.2, 0) is 0 Å². The average Bonchev–Trinajstić information content (AvgIpc) is 3.20. The van der Waals surface area contributed by atoms with Crippen LogP contribution in [0.1, 0.15) is 23.3 Å². The van der Waals surface area contributed by atoms with Gasteiger partial charge in [0.25, 0.3) is 0 Å². The summed E-state index contributed by atoms with van der Waals surface area (Å²) in [5.41, 5.74) is 1.20. The van der Waals surface area contributed by atoms with Gasteiger partial charge in [0.15, 0.2) is 11.5 Å². The van der Waals surface area contributed by atoms with Gasteiger partial charge in [0, 0.05) is 4.47 Å². The highest BCUT2D eigenvalue weighted by Gasteiger charge is 2.25. The molecule has 116 valence electrons. The summed E-state index contributed by atoms with van der Waals surface area (Å²) >= 11 is 3.48. The van der Waals surface area contributed by atoms with E-state index in [-0.39, 0.29) is 5.69 Å². The fourth-order valence-corrected chi connectivity index (χ4v) is 2.64. The summed E-state index contributed by atoms with van der Waals surface area (Å²) < 4.78 is 12.1. The number of hydrogen-bond donors (Lipinski definition) is 2. The Hall–Kier alpha value is -2.02. The molecule has 7 heteroatoms. The minimum absolute atomic E-state index is 0.0258. The van der Waals surface area contributed by atoms with Crippen LogP contribution in [0.2, 0.25) is 0 Å². The maximum atomic E-state index is 11.0. The van der Waals surface area contributed by atoms with Crippen molar-refractivity contribution in [2.45, 2.75) is 12.8 Å². The second-order valence-corrected chi connectivity index (χ2v) is 6.03. The van der Waals surface area contributed by atoms with Crippen molar-refractivity contribution in [2.75, 3.05) is 13.7 Å².